The van der Waals surface area contributed by atoms with Crippen LogP contribution >= 0.6 is 0 Å². The first-order valence-electron chi connectivity index (χ1n) is 5.83. The normalized spacial score (nSPS) is 21.5. The van der Waals surface area contributed by atoms with Crippen LogP contribution < -0.4 is 5.73 Å². The highest BCUT2D eigenvalue weighted by molar-refractivity contribution is 5.19. The summed E-state index contributed by atoms with van der Waals surface area (Å²) >= 11 is 0. The number of nitrogens with zero attached hydrogens (tertiary/aromatic N) is 2. The van der Waals surface area contributed by atoms with Crippen LogP contribution in [0.15, 0.2) is 18.3 Å². The Morgan fingerprint density at radius 2 is 2.44 bits per heavy atom. The van der Waals surface area contributed by atoms with Crippen LogP contribution in [0.1, 0.15) is 24.1 Å². The van der Waals surface area contributed by atoms with E-state index < -0.39 is 0 Å². The van der Waals surface area contributed by atoms with Crippen molar-refractivity contribution in [1.29, 1.82) is 0 Å². The highest BCUT2D eigenvalue weighted by Gasteiger charge is 2.24. The average Bonchev–Trinajstić information content (AvgIpc) is 2.77. The van der Waals surface area contributed by atoms with Crippen LogP contribution in [0.5, 0.6) is 0 Å². The number of nitrogens with two attached hydrogens (primary N) is 1. The largest absolute Gasteiger partial charge is 0.395 e. The summed E-state index contributed by atoms with van der Waals surface area (Å²) < 4.78 is 0. The van der Waals surface area contributed by atoms with Crippen LogP contribution in [0.3, 0.4) is 0 Å². The van der Waals surface area contributed by atoms with Gasteiger partial charge in [-0.3, -0.25) is 9.88 Å². The molecule has 1 aliphatic rings. The van der Waals surface area contributed by atoms with Crippen LogP contribution in [0.4, 0.5) is 0 Å². The zero-order valence-electron chi connectivity index (χ0n) is 9.47. The topological polar surface area (TPSA) is 62.4 Å². The first-order valence-corrected chi connectivity index (χ1v) is 5.83. The fourth-order valence-electron chi connectivity index (χ4n) is 2.33. The molecule has 3 N–H and O–H groups in total. The Morgan fingerprint density at radius 1 is 1.56 bits per heavy atom. The summed E-state index contributed by atoms with van der Waals surface area (Å²) in [5, 5.41) is 9.26. The maximum atomic E-state index is 9.26. The highest BCUT2D eigenvalue weighted by atomic mass is 16.3. The second-order valence-corrected chi connectivity index (χ2v) is 4.26. The lowest BCUT2D eigenvalue weighted by atomic mass is 10.1. The van der Waals surface area contributed by atoms with Gasteiger partial charge in [0.25, 0.3) is 0 Å². The number of aliphatic hydroxyl groups excluding tert-OH is 1. The van der Waals surface area contributed by atoms with E-state index in [0.717, 1.165) is 25.2 Å². The summed E-state index contributed by atoms with van der Waals surface area (Å²) in [6.45, 7) is 2.64. The second kappa shape index (κ2) is 5.39. The van der Waals surface area contributed by atoms with E-state index in [1.807, 2.05) is 6.07 Å². The standard InChI is InChI=1S/C12H19N3O/c13-7-12-10(3-1-5-14-12)8-15-6-2-4-11(15)9-16/h1,3,5,11,16H,2,4,6-9,13H2. The van der Waals surface area contributed by atoms with Gasteiger partial charge in [-0.25, -0.2) is 0 Å². The van der Waals surface area contributed by atoms with Crippen molar-refractivity contribution >= 4 is 0 Å². The Balaban J connectivity index is 2.08. The summed E-state index contributed by atoms with van der Waals surface area (Å²) in [5.41, 5.74) is 7.81. The molecule has 0 bridgehead atoms. The molecule has 16 heavy (non-hydrogen) atoms. The quantitative estimate of drug-likeness (QED) is 0.777. The van der Waals surface area contributed by atoms with Gasteiger partial charge in [-0.15, -0.1) is 0 Å². The van der Waals surface area contributed by atoms with Gasteiger partial charge in [0.1, 0.15) is 0 Å². The van der Waals surface area contributed by atoms with Crippen molar-refractivity contribution in [3.8, 4) is 0 Å². The molecule has 0 radical (unpaired) electrons. The van der Waals surface area contributed by atoms with Gasteiger partial charge in [0.05, 0.1) is 12.3 Å². The molecule has 0 aromatic carbocycles. The monoisotopic (exact) mass is 221 g/mol. The first-order chi connectivity index (χ1) is 7.85. The molecule has 1 unspecified atom stereocenters. The van der Waals surface area contributed by atoms with Crippen molar-refractivity contribution in [2.24, 2.45) is 5.73 Å². The van der Waals surface area contributed by atoms with Gasteiger partial charge in [0, 0.05) is 25.3 Å². The van der Waals surface area contributed by atoms with E-state index in [1.54, 1.807) is 6.20 Å². The van der Waals surface area contributed by atoms with Gasteiger partial charge in [0.2, 0.25) is 0 Å². The van der Waals surface area contributed by atoms with E-state index in [2.05, 4.69) is 16.0 Å². The molecule has 2 heterocycles. The summed E-state index contributed by atoms with van der Waals surface area (Å²) in [5.74, 6) is 0. The number of pyridine rings is 1. The lowest BCUT2D eigenvalue weighted by Gasteiger charge is -2.23. The fourth-order valence-corrected chi connectivity index (χ4v) is 2.33. The minimum atomic E-state index is 0.248. The van der Waals surface area contributed by atoms with Gasteiger partial charge in [0.15, 0.2) is 0 Å². The molecule has 1 saturated heterocycles. The predicted molar refractivity (Wildman–Crippen MR) is 62.6 cm³/mol. The minimum absolute atomic E-state index is 0.248. The van der Waals surface area contributed by atoms with Crippen molar-refractivity contribution in [3.63, 3.8) is 0 Å². The Labute approximate surface area is 96.1 Å². The van der Waals surface area contributed by atoms with Crippen LogP contribution in [-0.4, -0.2) is 34.2 Å². The van der Waals surface area contributed by atoms with Crippen molar-refractivity contribution in [1.82, 2.24) is 9.88 Å². The van der Waals surface area contributed by atoms with E-state index in [-0.39, 0.29) is 6.61 Å². The van der Waals surface area contributed by atoms with Crippen molar-refractivity contribution in [3.05, 3.63) is 29.6 Å². The van der Waals surface area contributed by atoms with E-state index in [9.17, 15) is 5.11 Å². The van der Waals surface area contributed by atoms with Gasteiger partial charge < -0.3 is 10.8 Å². The number of likely N-dealkylation sites (tertiary alicyclic amines) is 1. The molecule has 4 nitrogen and oxygen atoms in total. The lowest BCUT2D eigenvalue weighted by molar-refractivity contribution is 0.153. The number of hydrogen-bond donors (Lipinski definition) is 2. The molecular formula is C12H19N3O. The van der Waals surface area contributed by atoms with Crippen LogP contribution in [0.2, 0.25) is 0 Å². The molecule has 0 spiro atoms. The number of aromatic nitrogens is 1. The molecule has 1 fully saturated rings. The second-order valence-electron chi connectivity index (χ2n) is 4.26. The summed E-state index contributed by atoms with van der Waals surface area (Å²) in [4.78, 5) is 6.59. The maximum Gasteiger partial charge on any atom is 0.0587 e. The zero-order chi connectivity index (χ0) is 11.4. The molecule has 0 amide bonds. The molecule has 0 saturated carbocycles. The number of rotatable bonds is 4. The molecule has 1 atom stereocenters. The molecule has 88 valence electrons. The Bertz CT molecular complexity index is 343. The fraction of sp³-hybridized carbons (Fsp3) is 0.583. The van der Waals surface area contributed by atoms with Crippen molar-refractivity contribution in [2.75, 3.05) is 13.2 Å². The van der Waals surface area contributed by atoms with Crippen molar-refractivity contribution < 1.29 is 5.11 Å². The Morgan fingerprint density at radius 3 is 3.19 bits per heavy atom. The predicted octanol–water partition coefficient (Wildman–Crippen LogP) is 0.497. The molecule has 1 aliphatic heterocycles. The molecular weight excluding hydrogens is 202 g/mol. The maximum absolute atomic E-state index is 9.26. The third-order valence-electron chi connectivity index (χ3n) is 3.26. The van der Waals surface area contributed by atoms with Gasteiger partial charge in [-0.1, -0.05) is 6.07 Å². The van der Waals surface area contributed by atoms with Gasteiger partial charge in [-0.2, -0.15) is 0 Å². The molecule has 1 aromatic rings. The molecule has 1 aromatic heterocycles. The molecule has 0 aliphatic carbocycles. The van der Waals surface area contributed by atoms with Gasteiger partial charge in [-0.05, 0) is 31.0 Å². The lowest BCUT2D eigenvalue weighted by Crippen LogP contribution is -2.32. The minimum Gasteiger partial charge on any atom is -0.395 e. The summed E-state index contributed by atoms with van der Waals surface area (Å²) in [6.07, 6.45) is 4.04. The highest BCUT2D eigenvalue weighted by Crippen LogP contribution is 2.20. The molecule has 4 heteroatoms. The third-order valence-corrected chi connectivity index (χ3v) is 3.26. The first kappa shape index (κ1) is 11.5. The third kappa shape index (κ3) is 2.40. The van der Waals surface area contributed by atoms with Gasteiger partial charge >= 0.3 is 0 Å². The van der Waals surface area contributed by atoms with E-state index in [1.165, 1.54) is 12.0 Å². The van der Waals surface area contributed by atoms with Crippen LogP contribution in [-0.2, 0) is 13.1 Å². The SMILES string of the molecule is NCc1ncccc1CN1CCCC1CO. The smallest absolute Gasteiger partial charge is 0.0587 e. The van der Waals surface area contributed by atoms with E-state index in [0.29, 0.717) is 12.6 Å². The summed E-state index contributed by atoms with van der Waals surface area (Å²) in [7, 11) is 0. The van der Waals surface area contributed by atoms with Crippen LogP contribution in [0.25, 0.3) is 0 Å². The van der Waals surface area contributed by atoms with Crippen LogP contribution in [0, 0.1) is 0 Å². The Hall–Kier alpha value is -0.970. The van der Waals surface area contributed by atoms with Crippen molar-refractivity contribution in [2.45, 2.75) is 32.0 Å². The zero-order valence-corrected chi connectivity index (χ0v) is 9.47. The van der Waals surface area contributed by atoms with E-state index in [4.69, 9.17) is 5.73 Å². The summed E-state index contributed by atoms with van der Waals surface area (Å²) in [6, 6.07) is 4.33. The average molecular weight is 221 g/mol. The number of aliphatic hydroxyl groups is 1. The number of hydrogen-bond acceptors (Lipinski definition) is 4. The van der Waals surface area contributed by atoms with E-state index >= 15 is 0 Å². The molecule has 2 rings (SSSR count). The Kier molecular flexibility index (Phi) is 3.88.